The molecular weight excluding hydrogens is 195 g/mol. The fourth-order valence-corrected chi connectivity index (χ4v) is 1.11. The summed E-state index contributed by atoms with van der Waals surface area (Å²) >= 11 is 11.3. The zero-order chi connectivity index (χ0) is 9.72. The lowest BCUT2D eigenvalue weighted by atomic mass is 10.2. The molecular formula is C9H12Cl2O. The first-order chi connectivity index (χ1) is 5.61. The summed E-state index contributed by atoms with van der Waals surface area (Å²) in [7, 11) is 0. The summed E-state index contributed by atoms with van der Waals surface area (Å²) in [6, 6.07) is 3.06. The first-order valence-electron chi connectivity index (χ1n) is 3.76. The average molecular weight is 207 g/mol. The van der Waals surface area contributed by atoms with E-state index in [1.165, 1.54) is 6.07 Å². The highest BCUT2D eigenvalue weighted by molar-refractivity contribution is 6.35. The van der Waals surface area contributed by atoms with Crippen LogP contribution in [0.3, 0.4) is 0 Å². The smallest absolute Gasteiger partial charge is 0.121 e. The maximum absolute atomic E-state index is 9.11. The number of benzene rings is 1. The fourth-order valence-electron chi connectivity index (χ4n) is 0.632. The van der Waals surface area contributed by atoms with E-state index in [4.69, 9.17) is 28.3 Å². The molecule has 0 saturated heterocycles. The fraction of sp³-hybridized carbons (Fsp3) is 0.333. The predicted octanol–water partition coefficient (Wildman–Crippen LogP) is 4.03. The van der Waals surface area contributed by atoms with Gasteiger partial charge in [-0.2, -0.15) is 0 Å². The van der Waals surface area contributed by atoms with Gasteiger partial charge in [-0.1, -0.05) is 37.0 Å². The second-order valence-corrected chi connectivity index (χ2v) is 2.88. The summed E-state index contributed by atoms with van der Waals surface area (Å²) < 4.78 is 0. The molecule has 0 fully saturated rings. The third kappa shape index (κ3) is 2.92. The van der Waals surface area contributed by atoms with Crippen molar-refractivity contribution < 1.29 is 5.11 Å². The van der Waals surface area contributed by atoms with E-state index in [-0.39, 0.29) is 5.75 Å². The third-order valence-electron chi connectivity index (χ3n) is 1.28. The summed E-state index contributed by atoms with van der Waals surface area (Å²) in [6.07, 6.45) is 0. The van der Waals surface area contributed by atoms with E-state index in [1.54, 1.807) is 13.0 Å². The second kappa shape index (κ2) is 5.28. The van der Waals surface area contributed by atoms with Crippen LogP contribution in [0, 0.1) is 6.92 Å². The minimum atomic E-state index is 0.137. The van der Waals surface area contributed by atoms with Gasteiger partial charge in [-0.25, -0.2) is 0 Å². The molecule has 1 N–H and O–H groups in total. The van der Waals surface area contributed by atoms with E-state index in [2.05, 4.69) is 0 Å². The van der Waals surface area contributed by atoms with Crippen LogP contribution in [-0.4, -0.2) is 5.11 Å². The Morgan fingerprint density at radius 1 is 1.17 bits per heavy atom. The number of halogens is 2. The first kappa shape index (κ1) is 11.6. The molecule has 1 aromatic carbocycles. The normalized spacial score (nSPS) is 8.75. The Morgan fingerprint density at radius 3 is 2.08 bits per heavy atom. The van der Waals surface area contributed by atoms with Gasteiger partial charge in [0.2, 0.25) is 0 Å². The number of hydrogen-bond donors (Lipinski definition) is 1. The molecule has 1 rings (SSSR count). The summed E-state index contributed by atoms with van der Waals surface area (Å²) in [5.41, 5.74) is 0.658. The van der Waals surface area contributed by atoms with Crippen molar-refractivity contribution in [3.63, 3.8) is 0 Å². The van der Waals surface area contributed by atoms with Gasteiger partial charge >= 0.3 is 0 Å². The quantitative estimate of drug-likeness (QED) is 0.680. The zero-order valence-electron chi connectivity index (χ0n) is 7.36. The first-order valence-corrected chi connectivity index (χ1v) is 4.51. The van der Waals surface area contributed by atoms with Crippen LogP contribution < -0.4 is 0 Å². The van der Waals surface area contributed by atoms with Crippen LogP contribution in [0.15, 0.2) is 12.1 Å². The molecule has 3 heteroatoms. The van der Waals surface area contributed by atoms with Crippen LogP contribution >= 0.6 is 23.2 Å². The highest BCUT2D eigenvalue weighted by Gasteiger charge is 2.01. The SMILES string of the molecule is CC.Cc1c(O)cc(Cl)cc1Cl. The van der Waals surface area contributed by atoms with E-state index >= 15 is 0 Å². The van der Waals surface area contributed by atoms with Gasteiger partial charge in [0.25, 0.3) is 0 Å². The van der Waals surface area contributed by atoms with Gasteiger partial charge in [0.05, 0.1) is 0 Å². The number of hydrogen-bond acceptors (Lipinski definition) is 1. The molecule has 0 unspecified atom stereocenters. The Hall–Kier alpha value is -0.400. The number of phenolic OH excluding ortho intramolecular Hbond substituents is 1. The summed E-state index contributed by atoms with van der Waals surface area (Å²) in [6.45, 7) is 5.73. The maximum atomic E-state index is 9.11. The van der Waals surface area contributed by atoms with Crippen molar-refractivity contribution in [2.24, 2.45) is 0 Å². The molecule has 0 spiro atoms. The lowest BCUT2D eigenvalue weighted by molar-refractivity contribution is 0.471. The van der Waals surface area contributed by atoms with Crippen molar-refractivity contribution in [1.29, 1.82) is 0 Å². The van der Waals surface area contributed by atoms with Crippen molar-refractivity contribution in [3.8, 4) is 5.75 Å². The molecule has 0 saturated carbocycles. The summed E-state index contributed by atoms with van der Waals surface area (Å²) in [4.78, 5) is 0. The minimum absolute atomic E-state index is 0.137. The van der Waals surface area contributed by atoms with Gasteiger partial charge in [-0.05, 0) is 19.1 Å². The molecule has 0 heterocycles. The second-order valence-electron chi connectivity index (χ2n) is 2.03. The molecule has 0 radical (unpaired) electrons. The molecule has 0 amide bonds. The molecule has 68 valence electrons. The average Bonchev–Trinajstić information content (AvgIpc) is 2.04. The van der Waals surface area contributed by atoms with Crippen molar-refractivity contribution >= 4 is 23.2 Å². The van der Waals surface area contributed by atoms with Gasteiger partial charge in [0, 0.05) is 15.6 Å². The van der Waals surface area contributed by atoms with Gasteiger partial charge < -0.3 is 5.11 Å². The standard InChI is InChI=1S/C7H6Cl2O.C2H6/c1-4-6(9)2-5(8)3-7(4)10;1-2/h2-3,10H,1H3;1-2H3. The Balaban J connectivity index is 0.000000561. The van der Waals surface area contributed by atoms with E-state index < -0.39 is 0 Å². The third-order valence-corrected chi connectivity index (χ3v) is 1.89. The Morgan fingerprint density at radius 2 is 1.67 bits per heavy atom. The lowest BCUT2D eigenvalue weighted by Crippen LogP contribution is -1.76. The zero-order valence-corrected chi connectivity index (χ0v) is 8.87. The monoisotopic (exact) mass is 206 g/mol. The van der Waals surface area contributed by atoms with E-state index in [1.807, 2.05) is 13.8 Å². The molecule has 0 aromatic heterocycles. The maximum Gasteiger partial charge on any atom is 0.121 e. The highest BCUT2D eigenvalue weighted by atomic mass is 35.5. The van der Waals surface area contributed by atoms with Gasteiger partial charge in [0.1, 0.15) is 5.75 Å². The Kier molecular flexibility index (Phi) is 5.11. The Bertz CT molecular complexity index is 236. The van der Waals surface area contributed by atoms with Crippen molar-refractivity contribution in [2.75, 3.05) is 0 Å². The van der Waals surface area contributed by atoms with E-state index in [9.17, 15) is 0 Å². The number of phenols is 1. The van der Waals surface area contributed by atoms with Gasteiger partial charge in [0.15, 0.2) is 0 Å². The molecule has 1 nitrogen and oxygen atoms in total. The number of rotatable bonds is 0. The molecule has 0 atom stereocenters. The van der Waals surface area contributed by atoms with Crippen LogP contribution in [-0.2, 0) is 0 Å². The van der Waals surface area contributed by atoms with Gasteiger partial charge in [-0.3, -0.25) is 0 Å². The highest BCUT2D eigenvalue weighted by Crippen LogP contribution is 2.28. The van der Waals surface area contributed by atoms with E-state index in [0.717, 1.165) is 0 Å². The largest absolute Gasteiger partial charge is 0.508 e. The van der Waals surface area contributed by atoms with Crippen LogP contribution in [0.4, 0.5) is 0 Å². The molecule has 0 aliphatic rings. The number of aromatic hydroxyl groups is 1. The molecule has 0 aliphatic heterocycles. The summed E-state index contributed by atoms with van der Waals surface area (Å²) in [5, 5.41) is 10.1. The predicted molar refractivity (Wildman–Crippen MR) is 54.2 cm³/mol. The van der Waals surface area contributed by atoms with Crippen molar-refractivity contribution in [2.45, 2.75) is 20.8 Å². The topological polar surface area (TPSA) is 20.2 Å². The van der Waals surface area contributed by atoms with Crippen LogP contribution in [0.1, 0.15) is 19.4 Å². The van der Waals surface area contributed by atoms with Crippen molar-refractivity contribution in [1.82, 2.24) is 0 Å². The molecule has 1 aromatic rings. The van der Waals surface area contributed by atoms with E-state index in [0.29, 0.717) is 15.6 Å². The summed E-state index contributed by atoms with van der Waals surface area (Å²) in [5.74, 6) is 0.137. The van der Waals surface area contributed by atoms with Gasteiger partial charge in [-0.15, -0.1) is 0 Å². The van der Waals surface area contributed by atoms with Crippen LogP contribution in [0.25, 0.3) is 0 Å². The molecule has 12 heavy (non-hydrogen) atoms. The van der Waals surface area contributed by atoms with Crippen molar-refractivity contribution in [3.05, 3.63) is 27.7 Å². The lowest BCUT2D eigenvalue weighted by Gasteiger charge is -2.00. The molecule has 0 aliphatic carbocycles. The van der Waals surface area contributed by atoms with Crippen LogP contribution in [0.5, 0.6) is 5.75 Å². The minimum Gasteiger partial charge on any atom is -0.508 e. The molecule has 0 bridgehead atoms. The Labute approximate surface area is 82.9 Å². The van der Waals surface area contributed by atoms with Crippen LogP contribution in [0.2, 0.25) is 10.0 Å².